The van der Waals surface area contributed by atoms with Crippen molar-refractivity contribution in [2.24, 2.45) is 4.99 Å². The lowest BCUT2D eigenvalue weighted by molar-refractivity contribution is 0.0514. The zero-order valence-corrected chi connectivity index (χ0v) is 17.5. The lowest BCUT2D eigenvalue weighted by Crippen LogP contribution is -2.48. The summed E-state index contributed by atoms with van der Waals surface area (Å²) < 4.78 is 5.62. The molecule has 0 spiro atoms. The highest BCUT2D eigenvalue weighted by Crippen LogP contribution is 2.35. The minimum Gasteiger partial charge on any atom is -0.381 e. The van der Waals surface area contributed by atoms with Crippen LogP contribution in [0.5, 0.6) is 0 Å². The SMILES string of the molecule is CCNC(=NCc1ncc(C)s1)NCC1(c2cccc(Cl)c2)CCOCC1. The van der Waals surface area contributed by atoms with Crippen molar-refractivity contribution in [3.05, 3.63) is 50.9 Å². The molecule has 3 rings (SSSR count). The Morgan fingerprint density at radius 3 is 2.81 bits per heavy atom. The van der Waals surface area contributed by atoms with Crippen molar-refractivity contribution >= 4 is 28.9 Å². The van der Waals surface area contributed by atoms with Gasteiger partial charge in [0.2, 0.25) is 0 Å². The van der Waals surface area contributed by atoms with Gasteiger partial charge in [-0.2, -0.15) is 0 Å². The molecule has 2 heterocycles. The molecule has 0 aliphatic carbocycles. The van der Waals surface area contributed by atoms with Crippen molar-refractivity contribution in [1.29, 1.82) is 0 Å². The van der Waals surface area contributed by atoms with E-state index in [-0.39, 0.29) is 5.41 Å². The second-order valence-corrected chi connectivity index (χ2v) is 8.57. The summed E-state index contributed by atoms with van der Waals surface area (Å²) in [5.41, 5.74) is 1.26. The van der Waals surface area contributed by atoms with Crippen LogP contribution in [-0.4, -0.2) is 37.2 Å². The molecule has 2 N–H and O–H groups in total. The molecule has 0 saturated carbocycles. The molecular formula is C20H27ClN4OS. The number of hydrogen-bond donors (Lipinski definition) is 2. The number of aromatic nitrogens is 1. The molecule has 0 atom stereocenters. The van der Waals surface area contributed by atoms with E-state index in [1.165, 1.54) is 10.4 Å². The van der Waals surface area contributed by atoms with Gasteiger partial charge in [-0.1, -0.05) is 23.7 Å². The molecule has 27 heavy (non-hydrogen) atoms. The van der Waals surface area contributed by atoms with Crippen LogP contribution >= 0.6 is 22.9 Å². The van der Waals surface area contributed by atoms with E-state index in [9.17, 15) is 0 Å². The average Bonchev–Trinajstić information content (AvgIpc) is 3.10. The van der Waals surface area contributed by atoms with Gasteiger partial charge in [-0.15, -0.1) is 11.3 Å². The minimum absolute atomic E-state index is 0.00287. The molecule has 1 aliphatic rings. The number of thiazole rings is 1. The number of benzene rings is 1. The Hall–Kier alpha value is -1.63. The number of halogens is 1. The van der Waals surface area contributed by atoms with Gasteiger partial charge in [0.15, 0.2) is 5.96 Å². The largest absolute Gasteiger partial charge is 0.381 e. The summed E-state index contributed by atoms with van der Waals surface area (Å²) in [6, 6.07) is 8.20. The number of nitrogens with zero attached hydrogens (tertiary/aromatic N) is 2. The standard InChI is InChI=1S/C20H27ClN4OS/c1-3-22-19(24-13-18-23-12-15(2)27-18)25-14-20(7-9-26-10-8-20)16-5-4-6-17(21)11-16/h4-6,11-12H,3,7-10,13-14H2,1-2H3,(H2,22,24,25). The molecular weight excluding hydrogens is 380 g/mol. The Labute approximate surface area is 170 Å². The molecule has 2 aromatic rings. The van der Waals surface area contributed by atoms with Gasteiger partial charge in [-0.25, -0.2) is 9.98 Å². The highest BCUT2D eigenvalue weighted by atomic mass is 35.5. The molecule has 5 nitrogen and oxygen atoms in total. The molecule has 0 amide bonds. The third kappa shape index (κ3) is 5.43. The maximum Gasteiger partial charge on any atom is 0.191 e. The zero-order chi connectivity index (χ0) is 19.1. The first-order valence-electron chi connectivity index (χ1n) is 9.38. The van der Waals surface area contributed by atoms with Crippen LogP contribution in [-0.2, 0) is 16.7 Å². The van der Waals surface area contributed by atoms with Gasteiger partial charge in [0.25, 0.3) is 0 Å². The van der Waals surface area contributed by atoms with Crippen LogP contribution in [0.15, 0.2) is 35.5 Å². The molecule has 0 radical (unpaired) electrons. The lowest BCUT2D eigenvalue weighted by Gasteiger charge is -2.38. The van der Waals surface area contributed by atoms with Crippen molar-refractivity contribution < 1.29 is 4.74 Å². The molecule has 7 heteroatoms. The molecule has 0 unspecified atom stereocenters. The van der Waals surface area contributed by atoms with Crippen LogP contribution in [0, 0.1) is 6.92 Å². The summed E-state index contributed by atoms with van der Waals surface area (Å²) in [6.45, 7) is 7.86. The number of rotatable bonds is 6. The van der Waals surface area contributed by atoms with Gasteiger partial charge in [-0.05, 0) is 44.4 Å². The van der Waals surface area contributed by atoms with Gasteiger partial charge in [-0.3, -0.25) is 0 Å². The van der Waals surface area contributed by atoms with Crippen LogP contribution in [0.3, 0.4) is 0 Å². The lowest BCUT2D eigenvalue weighted by atomic mass is 9.74. The Morgan fingerprint density at radius 1 is 1.33 bits per heavy atom. The molecule has 1 aliphatic heterocycles. The first kappa shape index (κ1) is 20.1. The van der Waals surface area contributed by atoms with Crippen LogP contribution in [0.2, 0.25) is 5.02 Å². The van der Waals surface area contributed by atoms with Crippen molar-refractivity contribution in [3.63, 3.8) is 0 Å². The fourth-order valence-electron chi connectivity index (χ4n) is 3.36. The zero-order valence-electron chi connectivity index (χ0n) is 15.9. The normalized spacial score (nSPS) is 16.9. The van der Waals surface area contributed by atoms with Crippen molar-refractivity contribution in [2.75, 3.05) is 26.3 Å². The van der Waals surface area contributed by atoms with Crippen LogP contribution < -0.4 is 10.6 Å². The Kier molecular flexibility index (Phi) is 7.10. The van der Waals surface area contributed by atoms with Gasteiger partial charge in [0, 0.05) is 47.8 Å². The van der Waals surface area contributed by atoms with E-state index in [1.807, 2.05) is 18.3 Å². The third-order valence-electron chi connectivity index (χ3n) is 4.87. The van der Waals surface area contributed by atoms with Crippen molar-refractivity contribution in [2.45, 2.75) is 38.6 Å². The van der Waals surface area contributed by atoms with Crippen molar-refractivity contribution in [3.8, 4) is 0 Å². The summed E-state index contributed by atoms with van der Waals surface area (Å²) in [6.07, 6.45) is 3.82. The van der Waals surface area contributed by atoms with Crippen LogP contribution in [0.4, 0.5) is 0 Å². The van der Waals surface area contributed by atoms with E-state index in [1.54, 1.807) is 11.3 Å². The summed E-state index contributed by atoms with van der Waals surface area (Å²) in [4.78, 5) is 10.3. The maximum atomic E-state index is 6.26. The second-order valence-electron chi connectivity index (χ2n) is 6.82. The molecule has 146 valence electrons. The first-order chi connectivity index (χ1) is 13.1. The minimum atomic E-state index is -0.00287. The Morgan fingerprint density at radius 2 is 2.15 bits per heavy atom. The van der Waals surface area contributed by atoms with E-state index in [2.05, 4.69) is 41.6 Å². The first-order valence-corrected chi connectivity index (χ1v) is 10.6. The van der Waals surface area contributed by atoms with Gasteiger partial charge >= 0.3 is 0 Å². The molecule has 1 fully saturated rings. The molecule has 1 saturated heterocycles. The van der Waals surface area contributed by atoms with E-state index < -0.39 is 0 Å². The van der Waals surface area contributed by atoms with E-state index in [0.29, 0.717) is 6.54 Å². The number of aliphatic imine (C=N–C) groups is 1. The predicted octanol–water partition coefficient (Wildman–Crippen LogP) is 3.91. The summed E-state index contributed by atoms with van der Waals surface area (Å²) >= 11 is 7.95. The second kappa shape index (κ2) is 9.53. The average molecular weight is 407 g/mol. The fraction of sp³-hybridized carbons (Fsp3) is 0.500. The predicted molar refractivity (Wildman–Crippen MR) is 113 cm³/mol. The fourth-order valence-corrected chi connectivity index (χ4v) is 4.27. The van der Waals surface area contributed by atoms with Gasteiger partial charge < -0.3 is 15.4 Å². The van der Waals surface area contributed by atoms with Crippen LogP contribution in [0.1, 0.15) is 35.2 Å². The smallest absolute Gasteiger partial charge is 0.191 e. The molecule has 0 bridgehead atoms. The topological polar surface area (TPSA) is 58.5 Å². The third-order valence-corrected chi connectivity index (χ3v) is 6.00. The quantitative estimate of drug-likeness (QED) is 0.564. The summed E-state index contributed by atoms with van der Waals surface area (Å²) in [7, 11) is 0. The highest BCUT2D eigenvalue weighted by Gasteiger charge is 2.34. The van der Waals surface area contributed by atoms with E-state index >= 15 is 0 Å². The van der Waals surface area contributed by atoms with Gasteiger partial charge in [0.05, 0.1) is 6.54 Å². The molecule has 1 aromatic carbocycles. The Bertz CT molecular complexity index is 771. The summed E-state index contributed by atoms with van der Waals surface area (Å²) in [5, 5.41) is 8.69. The van der Waals surface area contributed by atoms with E-state index in [0.717, 1.165) is 55.1 Å². The van der Waals surface area contributed by atoms with Crippen LogP contribution in [0.25, 0.3) is 0 Å². The number of ether oxygens (including phenoxy) is 1. The summed E-state index contributed by atoms with van der Waals surface area (Å²) in [5.74, 6) is 0.818. The highest BCUT2D eigenvalue weighted by molar-refractivity contribution is 7.11. The van der Waals surface area contributed by atoms with E-state index in [4.69, 9.17) is 21.3 Å². The number of guanidine groups is 1. The molecule has 1 aromatic heterocycles. The Balaban J connectivity index is 1.73. The number of hydrogen-bond acceptors (Lipinski definition) is 4. The van der Waals surface area contributed by atoms with Crippen molar-refractivity contribution in [1.82, 2.24) is 15.6 Å². The maximum absolute atomic E-state index is 6.26. The number of nitrogens with one attached hydrogen (secondary N) is 2. The van der Waals surface area contributed by atoms with Gasteiger partial charge in [0.1, 0.15) is 5.01 Å². The number of aryl methyl sites for hydroxylation is 1. The monoisotopic (exact) mass is 406 g/mol.